The second-order valence-electron chi connectivity index (χ2n) is 3.85. The van der Waals surface area contributed by atoms with Gasteiger partial charge in [0.25, 0.3) is 0 Å². The van der Waals surface area contributed by atoms with Crippen molar-refractivity contribution in [2.45, 2.75) is 6.42 Å². The zero-order valence-corrected chi connectivity index (χ0v) is 8.54. The topological polar surface area (TPSA) is 13.7 Å². The summed E-state index contributed by atoms with van der Waals surface area (Å²) >= 11 is 0. The first-order valence-electron chi connectivity index (χ1n) is 5.40. The third kappa shape index (κ3) is 2.82. The predicted molar refractivity (Wildman–Crippen MR) is 56.5 cm³/mol. The van der Waals surface area contributed by atoms with Crippen LogP contribution in [0.1, 0.15) is 5.56 Å². The van der Waals surface area contributed by atoms with Crippen LogP contribution in [0.4, 0.5) is 0 Å². The van der Waals surface area contributed by atoms with Crippen LogP contribution in [-0.2, 0) is 11.2 Å². The Kier molecular flexibility index (Phi) is 3.55. The van der Waals surface area contributed by atoms with Crippen LogP contribution in [0.2, 0.25) is 0 Å². The van der Waals surface area contributed by atoms with Crippen LogP contribution in [0.15, 0.2) is 30.3 Å². The third-order valence-electron chi connectivity index (χ3n) is 2.81. The van der Waals surface area contributed by atoms with Gasteiger partial charge in [0.05, 0.1) is 19.8 Å². The molecule has 0 aromatic heterocycles. The average Bonchev–Trinajstić information content (AvgIpc) is 2.29. The Morgan fingerprint density at radius 1 is 1.07 bits per heavy atom. The lowest BCUT2D eigenvalue weighted by molar-refractivity contribution is -0.907. The molecule has 0 unspecified atom stereocenters. The molecule has 1 N–H and O–H groups in total. The summed E-state index contributed by atoms with van der Waals surface area (Å²) in [6, 6.07) is 10.7. The maximum atomic E-state index is 5.33. The number of hydrogen-bond acceptors (Lipinski definition) is 1. The summed E-state index contributed by atoms with van der Waals surface area (Å²) < 4.78 is 5.33. The maximum absolute atomic E-state index is 5.33. The molecule has 0 spiro atoms. The molecule has 2 heteroatoms. The van der Waals surface area contributed by atoms with Gasteiger partial charge in [-0.25, -0.2) is 0 Å². The number of hydrogen-bond donors (Lipinski definition) is 1. The van der Waals surface area contributed by atoms with Gasteiger partial charge in [-0.1, -0.05) is 30.3 Å². The summed E-state index contributed by atoms with van der Waals surface area (Å²) in [5.74, 6) is 0. The fourth-order valence-corrected chi connectivity index (χ4v) is 1.88. The van der Waals surface area contributed by atoms with Gasteiger partial charge >= 0.3 is 0 Å². The van der Waals surface area contributed by atoms with Crippen molar-refractivity contribution in [1.82, 2.24) is 0 Å². The van der Waals surface area contributed by atoms with Crippen LogP contribution in [-0.4, -0.2) is 32.8 Å². The standard InChI is InChI=1S/C12H17NO/c1-2-4-12(5-3-1)6-7-13-8-10-14-11-9-13/h1-5H,6-11H2/p+1. The van der Waals surface area contributed by atoms with E-state index in [1.54, 1.807) is 4.90 Å². The number of quaternary nitrogens is 1. The van der Waals surface area contributed by atoms with E-state index in [9.17, 15) is 0 Å². The van der Waals surface area contributed by atoms with Crippen LogP contribution < -0.4 is 4.90 Å². The zero-order chi connectivity index (χ0) is 9.64. The number of nitrogens with one attached hydrogen (secondary N) is 1. The molecule has 0 saturated carbocycles. The summed E-state index contributed by atoms with van der Waals surface area (Å²) in [4.78, 5) is 1.68. The highest BCUT2D eigenvalue weighted by Gasteiger charge is 2.12. The van der Waals surface area contributed by atoms with E-state index in [0.717, 1.165) is 13.2 Å². The molecule has 0 aliphatic carbocycles. The molecular formula is C12H18NO+. The van der Waals surface area contributed by atoms with E-state index in [4.69, 9.17) is 4.74 Å². The molecule has 1 aromatic rings. The van der Waals surface area contributed by atoms with Crippen LogP contribution >= 0.6 is 0 Å². The van der Waals surface area contributed by atoms with Gasteiger partial charge in [-0.15, -0.1) is 0 Å². The molecule has 1 fully saturated rings. The van der Waals surface area contributed by atoms with Crippen molar-refractivity contribution in [3.05, 3.63) is 35.9 Å². The predicted octanol–water partition coefficient (Wildman–Crippen LogP) is 0.144. The van der Waals surface area contributed by atoms with Crippen LogP contribution in [0.5, 0.6) is 0 Å². The molecule has 0 atom stereocenters. The first kappa shape index (κ1) is 9.69. The fraction of sp³-hybridized carbons (Fsp3) is 0.500. The van der Waals surface area contributed by atoms with Crippen molar-refractivity contribution in [2.24, 2.45) is 0 Å². The van der Waals surface area contributed by atoms with Gasteiger partial charge in [-0.3, -0.25) is 0 Å². The summed E-state index contributed by atoms with van der Waals surface area (Å²) in [6.07, 6.45) is 1.19. The van der Waals surface area contributed by atoms with Gasteiger partial charge in [-0.05, 0) is 5.56 Å². The molecule has 76 valence electrons. The Labute approximate surface area is 85.5 Å². The lowest BCUT2D eigenvalue weighted by atomic mass is 10.1. The molecule has 1 heterocycles. The van der Waals surface area contributed by atoms with E-state index >= 15 is 0 Å². The Hall–Kier alpha value is -0.860. The molecular weight excluding hydrogens is 174 g/mol. The smallest absolute Gasteiger partial charge is 0.101 e. The molecule has 0 bridgehead atoms. The molecule has 1 aromatic carbocycles. The normalized spacial score (nSPS) is 18.3. The van der Waals surface area contributed by atoms with Gasteiger partial charge in [0.2, 0.25) is 0 Å². The highest BCUT2D eigenvalue weighted by molar-refractivity contribution is 5.14. The van der Waals surface area contributed by atoms with E-state index < -0.39 is 0 Å². The average molecular weight is 192 g/mol. The van der Waals surface area contributed by atoms with Crippen LogP contribution in [0.25, 0.3) is 0 Å². The number of morpholine rings is 1. The summed E-state index contributed by atoms with van der Waals surface area (Å²) in [5.41, 5.74) is 1.45. The van der Waals surface area contributed by atoms with Gasteiger partial charge in [0.1, 0.15) is 13.1 Å². The van der Waals surface area contributed by atoms with Crippen molar-refractivity contribution < 1.29 is 9.64 Å². The molecule has 14 heavy (non-hydrogen) atoms. The Morgan fingerprint density at radius 3 is 2.50 bits per heavy atom. The van der Waals surface area contributed by atoms with Crippen molar-refractivity contribution in [3.63, 3.8) is 0 Å². The van der Waals surface area contributed by atoms with Gasteiger partial charge in [0, 0.05) is 6.42 Å². The summed E-state index contributed by atoms with van der Waals surface area (Å²) in [7, 11) is 0. The lowest BCUT2D eigenvalue weighted by Crippen LogP contribution is -3.14. The molecule has 1 aliphatic rings. The van der Waals surface area contributed by atoms with Crippen LogP contribution in [0, 0.1) is 0 Å². The highest BCUT2D eigenvalue weighted by atomic mass is 16.5. The molecule has 0 radical (unpaired) electrons. The summed E-state index contributed by atoms with van der Waals surface area (Å²) in [5, 5.41) is 0. The number of benzene rings is 1. The van der Waals surface area contributed by atoms with Crippen molar-refractivity contribution in [3.8, 4) is 0 Å². The van der Waals surface area contributed by atoms with E-state index in [1.807, 2.05) is 0 Å². The van der Waals surface area contributed by atoms with E-state index in [-0.39, 0.29) is 0 Å². The lowest BCUT2D eigenvalue weighted by Gasteiger charge is -2.23. The highest BCUT2D eigenvalue weighted by Crippen LogP contribution is 1.97. The first-order chi connectivity index (χ1) is 6.95. The zero-order valence-electron chi connectivity index (χ0n) is 8.54. The molecule has 1 aliphatic heterocycles. The first-order valence-corrected chi connectivity index (χ1v) is 5.40. The number of rotatable bonds is 3. The number of ether oxygens (including phenoxy) is 1. The van der Waals surface area contributed by atoms with E-state index in [1.165, 1.54) is 31.6 Å². The quantitative estimate of drug-likeness (QED) is 0.719. The minimum absolute atomic E-state index is 0.935. The van der Waals surface area contributed by atoms with Crippen molar-refractivity contribution in [1.29, 1.82) is 0 Å². The molecule has 1 saturated heterocycles. The summed E-state index contributed by atoms with van der Waals surface area (Å²) in [6.45, 7) is 5.46. The Bertz CT molecular complexity index is 254. The monoisotopic (exact) mass is 192 g/mol. The van der Waals surface area contributed by atoms with Gasteiger partial charge in [-0.2, -0.15) is 0 Å². The maximum Gasteiger partial charge on any atom is 0.101 e. The second kappa shape index (κ2) is 5.13. The molecule has 2 rings (SSSR count). The van der Waals surface area contributed by atoms with Crippen molar-refractivity contribution >= 4 is 0 Å². The SMILES string of the molecule is c1ccc(CC[NH+]2CCOCC2)cc1. The van der Waals surface area contributed by atoms with E-state index in [0.29, 0.717) is 0 Å². The van der Waals surface area contributed by atoms with Gasteiger partial charge in [0.15, 0.2) is 0 Å². The second-order valence-corrected chi connectivity index (χ2v) is 3.85. The Balaban J connectivity index is 1.76. The minimum atomic E-state index is 0.935. The molecule has 0 amide bonds. The van der Waals surface area contributed by atoms with E-state index in [2.05, 4.69) is 30.3 Å². The largest absolute Gasteiger partial charge is 0.370 e. The Morgan fingerprint density at radius 2 is 1.79 bits per heavy atom. The molecule has 2 nitrogen and oxygen atoms in total. The fourth-order valence-electron chi connectivity index (χ4n) is 1.88. The van der Waals surface area contributed by atoms with Gasteiger partial charge < -0.3 is 9.64 Å². The minimum Gasteiger partial charge on any atom is -0.370 e. The van der Waals surface area contributed by atoms with Crippen LogP contribution in [0.3, 0.4) is 0 Å². The third-order valence-corrected chi connectivity index (χ3v) is 2.81. The van der Waals surface area contributed by atoms with Crippen molar-refractivity contribution in [2.75, 3.05) is 32.8 Å².